The van der Waals surface area contributed by atoms with Gasteiger partial charge in [0.05, 0.1) is 11.8 Å². The number of rotatable bonds is 4. The lowest BCUT2D eigenvalue weighted by Gasteiger charge is -2.09. The summed E-state index contributed by atoms with van der Waals surface area (Å²) in [4.78, 5) is 15.9. The van der Waals surface area contributed by atoms with Crippen LogP contribution in [-0.2, 0) is 0 Å². The topological polar surface area (TPSA) is 59.3 Å². The minimum Gasteiger partial charge on any atom is -0.318 e. The first kappa shape index (κ1) is 16.9. The van der Waals surface area contributed by atoms with Gasteiger partial charge in [-0.25, -0.2) is 5.43 Å². The molecule has 0 bridgehead atoms. The number of aromatic nitrogens is 2. The van der Waals surface area contributed by atoms with Gasteiger partial charge in [-0.05, 0) is 50.2 Å². The third kappa shape index (κ3) is 3.78. The summed E-state index contributed by atoms with van der Waals surface area (Å²) in [6.07, 6.45) is 4.75. The molecule has 6 heteroatoms. The molecule has 0 radical (unpaired) electrons. The molecule has 1 N–H and O–H groups in total. The fourth-order valence-electron chi connectivity index (χ4n) is 2.65. The van der Waals surface area contributed by atoms with Crippen LogP contribution >= 0.6 is 11.6 Å². The van der Waals surface area contributed by atoms with Gasteiger partial charge >= 0.3 is 0 Å². The molecular formula is C19H17ClN4O. The van der Waals surface area contributed by atoms with Crippen molar-refractivity contribution in [3.05, 3.63) is 82.4 Å². The molecule has 126 valence electrons. The van der Waals surface area contributed by atoms with E-state index in [0.717, 1.165) is 22.6 Å². The highest BCUT2D eigenvalue weighted by atomic mass is 35.5. The van der Waals surface area contributed by atoms with E-state index in [0.29, 0.717) is 10.6 Å². The predicted octanol–water partition coefficient (Wildman–Crippen LogP) is 3.91. The normalized spacial score (nSPS) is 11.0. The Bertz CT molecular complexity index is 932. The Balaban J connectivity index is 1.80. The zero-order valence-electron chi connectivity index (χ0n) is 13.9. The Morgan fingerprint density at radius 3 is 2.80 bits per heavy atom. The number of hydrogen-bond donors (Lipinski definition) is 1. The molecule has 5 nitrogen and oxygen atoms in total. The first-order valence-corrected chi connectivity index (χ1v) is 8.12. The number of hydrazone groups is 1. The van der Waals surface area contributed by atoms with E-state index in [1.165, 1.54) is 6.20 Å². The average Bonchev–Trinajstić information content (AvgIpc) is 2.89. The first-order valence-electron chi connectivity index (χ1n) is 7.74. The van der Waals surface area contributed by atoms with E-state index in [9.17, 15) is 4.79 Å². The van der Waals surface area contributed by atoms with Gasteiger partial charge in [-0.1, -0.05) is 17.7 Å². The van der Waals surface area contributed by atoms with Crippen LogP contribution in [0.1, 0.15) is 27.3 Å². The summed E-state index contributed by atoms with van der Waals surface area (Å²) in [6.45, 7) is 4.01. The highest BCUT2D eigenvalue weighted by molar-refractivity contribution is 6.30. The molecule has 25 heavy (non-hydrogen) atoms. The van der Waals surface area contributed by atoms with Gasteiger partial charge in [-0.2, -0.15) is 5.10 Å². The molecule has 1 amide bonds. The van der Waals surface area contributed by atoms with Crippen molar-refractivity contribution in [3.63, 3.8) is 0 Å². The molecule has 0 aliphatic rings. The minimum atomic E-state index is -0.298. The quantitative estimate of drug-likeness (QED) is 0.571. The van der Waals surface area contributed by atoms with Gasteiger partial charge < -0.3 is 4.57 Å². The molecule has 0 aliphatic heterocycles. The van der Waals surface area contributed by atoms with Gasteiger partial charge in [0.25, 0.3) is 5.91 Å². The van der Waals surface area contributed by atoms with Crippen molar-refractivity contribution in [1.29, 1.82) is 0 Å². The molecule has 0 saturated heterocycles. The molecular weight excluding hydrogens is 336 g/mol. The third-order valence-corrected chi connectivity index (χ3v) is 4.07. The van der Waals surface area contributed by atoms with E-state index in [1.807, 2.05) is 44.2 Å². The molecule has 0 fully saturated rings. The van der Waals surface area contributed by atoms with Crippen LogP contribution in [0.4, 0.5) is 0 Å². The van der Waals surface area contributed by atoms with Crippen LogP contribution in [0.3, 0.4) is 0 Å². The van der Waals surface area contributed by atoms with Crippen molar-refractivity contribution in [1.82, 2.24) is 15.0 Å². The van der Waals surface area contributed by atoms with Crippen LogP contribution in [0.5, 0.6) is 0 Å². The number of nitrogens with one attached hydrogen (secondary N) is 1. The lowest BCUT2D eigenvalue weighted by Crippen LogP contribution is -2.17. The second-order valence-electron chi connectivity index (χ2n) is 5.58. The number of nitrogens with zero attached hydrogens (tertiary/aromatic N) is 3. The number of carbonyl (C=O) groups excluding carboxylic acids is 1. The van der Waals surface area contributed by atoms with E-state index in [4.69, 9.17) is 11.6 Å². The van der Waals surface area contributed by atoms with Crippen LogP contribution in [0, 0.1) is 13.8 Å². The third-order valence-electron chi connectivity index (χ3n) is 3.83. The van der Waals surface area contributed by atoms with Gasteiger partial charge in [-0.3, -0.25) is 9.78 Å². The first-order chi connectivity index (χ1) is 12.1. The highest BCUT2D eigenvalue weighted by Crippen LogP contribution is 2.22. The number of pyridine rings is 1. The Hall–Kier alpha value is -2.92. The van der Waals surface area contributed by atoms with Gasteiger partial charge in [0.15, 0.2) is 0 Å². The number of amides is 1. The maximum atomic E-state index is 12.0. The number of aryl methyl sites for hydroxylation is 1. The Morgan fingerprint density at radius 1 is 1.24 bits per heavy atom. The van der Waals surface area contributed by atoms with E-state index in [1.54, 1.807) is 24.5 Å². The van der Waals surface area contributed by atoms with E-state index in [2.05, 4.69) is 20.1 Å². The molecule has 3 rings (SSSR count). The molecule has 0 atom stereocenters. The van der Waals surface area contributed by atoms with Crippen LogP contribution < -0.4 is 5.43 Å². The standard InChI is InChI=1S/C19H17ClN4O/c1-13-9-16(12-22-23-19(25)15-5-4-8-21-11-15)14(2)24(13)18-7-3-6-17(20)10-18/h3-12H,1-2H3,(H,23,25). The number of benzene rings is 1. The summed E-state index contributed by atoms with van der Waals surface area (Å²) in [6, 6.07) is 13.1. The monoisotopic (exact) mass is 352 g/mol. The van der Waals surface area contributed by atoms with Gasteiger partial charge in [-0.15, -0.1) is 0 Å². The Morgan fingerprint density at radius 2 is 2.08 bits per heavy atom. The van der Waals surface area contributed by atoms with Gasteiger partial charge in [0.2, 0.25) is 0 Å². The van der Waals surface area contributed by atoms with Crippen molar-refractivity contribution in [2.24, 2.45) is 5.10 Å². The summed E-state index contributed by atoms with van der Waals surface area (Å²) >= 11 is 6.09. The number of hydrogen-bond acceptors (Lipinski definition) is 3. The predicted molar refractivity (Wildman–Crippen MR) is 99.6 cm³/mol. The van der Waals surface area contributed by atoms with Gasteiger partial charge in [0.1, 0.15) is 0 Å². The summed E-state index contributed by atoms with van der Waals surface area (Å²) in [7, 11) is 0. The maximum Gasteiger partial charge on any atom is 0.272 e. The van der Waals surface area contributed by atoms with E-state index < -0.39 is 0 Å². The smallest absolute Gasteiger partial charge is 0.272 e. The van der Waals surface area contributed by atoms with Crippen molar-refractivity contribution in [3.8, 4) is 5.69 Å². The van der Waals surface area contributed by atoms with Crippen molar-refractivity contribution >= 4 is 23.7 Å². The lowest BCUT2D eigenvalue weighted by atomic mass is 10.2. The Kier molecular flexibility index (Phi) is 4.95. The largest absolute Gasteiger partial charge is 0.318 e. The molecule has 3 aromatic rings. The van der Waals surface area contributed by atoms with Crippen LogP contribution in [0.2, 0.25) is 5.02 Å². The van der Waals surface area contributed by atoms with Crippen LogP contribution in [0.25, 0.3) is 5.69 Å². The minimum absolute atomic E-state index is 0.298. The lowest BCUT2D eigenvalue weighted by molar-refractivity contribution is 0.0955. The van der Waals surface area contributed by atoms with Crippen molar-refractivity contribution < 1.29 is 4.79 Å². The van der Waals surface area contributed by atoms with Crippen molar-refractivity contribution in [2.75, 3.05) is 0 Å². The summed E-state index contributed by atoms with van der Waals surface area (Å²) in [5.74, 6) is -0.298. The Labute approximate surface area is 151 Å². The molecule has 2 aromatic heterocycles. The zero-order chi connectivity index (χ0) is 17.8. The number of halogens is 1. The zero-order valence-corrected chi connectivity index (χ0v) is 14.7. The molecule has 0 aliphatic carbocycles. The average molecular weight is 353 g/mol. The fourth-order valence-corrected chi connectivity index (χ4v) is 2.84. The summed E-state index contributed by atoms with van der Waals surface area (Å²) < 4.78 is 2.09. The van der Waals surface area contributed by atoms with Crippen LogP contribution in [0.15, 0.2) is 60.0 Å². The number of carbonyl (C=O) groups is 1. The second kappa shape index (κ2) is 7.32. The second-order valence-corrected chi connectivity index (χ2v) is 6.02. The van der Waals surface area contributed by atoms with Gasteiger partial charge in [0, 0.05) is 40.1 Å². The molecule has 0 unspecified atom stereocenters. The summed E-state index contributed by atoms with van der Waals surface area (Å²) in [5, 5.41) is 4.74. The van der Waals surface area contributed by atoms with Crippen LogP contribution in [-0.4, -0.2) is 21.7 Å². The SMILES string of the molecule is Cc1cc(C=NNC(=O)c2cccnc2)c(C)n1-c1cccc(Cl)c1. The summed E-state index contributed by atoms with van der Waals surface area (Å²) in [5.41, 5.74) is 6.95. The van der Waals surface area contributed by atoms with E-state index >= 15 is 0 Å². The van der Waals surface area contributed by atoms with E-state index in [-0.39, 0.29) is 5.91 Å². The van der Waals surface area contributed by atoms with Crippen molar-refractivity contribution in [2.45, 2.75) is 13.8 Å². The molecule has 0 spiro atoms. The fraction of sp³-hybridized carbons (Fsp3) is 0.105. The molecule has 1 aromatic carbocycles. The maximum absolute atomic E-state index is 12.0. The molecule has 0 saturated carbocycles. The molecule has 2 heterocycles. The highest BCUT2D eigenvalue weighted by Gasteiger charge is 2.10.